The summed E-state index contributed by atoms with van der Waals surface area (Å²) in [5, 5.41) is 4.17. The van der Waals surface area contributed by atoms with Crippen molar-refractivity contribution in [3.05, 3.63) is 48.0 Å². The summed E-state index contributed by atoms with van der Waals surface area (Å²) in [6, 6.07) is 10.5. The van der Waals surface area contributed by atoms with E-state index in [-0.39, 0.29) is 6.04 Å². The van der Waals surface area contributed by atoms with Gasteiger partial charge in [-0.25, -0.2) is 4.98 Å². The number of nitrogens with zero attached hydrogens (tertiary/aromatic N) is 3. The highest BCUT2D eigenvalue weighted by atomic mass is 15.3. The Bertz CT molecular complexity index is 465. The second-order valence-electron chi connectivity index (χ2n) is 4.25. The van der Waals surface area contributed by atoms with Gasteiger partial charge in [0.15, 0.2) is 0 Å². The van der Waals surface area contributed by atoms with Gasteiger partial charge in [0.2, 0.25) is 0 Å². The van der Waals surface area contributed by atoms with Gasteiger partial charge in [-0.2, -0.15) is 5.10 Å². The van der Waals surface area contributed by atoms with Gasteiger partial charge in [-0.05, 0) is 18.9 Å². The molecule has 18 heavy (non-hydrogen) atoms. The second kappa shape index (κ2) is 6.28. The number of hydrazine groups is 1. The number of benzene rings is 1. The zero-order valence-corrected chi connectivity index (χ0v) is 10.6. The summed E-state index contributed by atoms with van der Waals surface area (Å²) in [6.45, 7) is 2.89. The fraction of sp³-hybridized carbons (Fsp3) is 0.385. The van der Waals surface area contributed by atoms with E-state index in [1.807, 2.05) is 22.9 Å². The quantitative estimate of drug-likeness (QED) is 0.586. The Morgan fingerprint density at radius 2 is 2.06 bits per heavy atom. The van der Waals surface area contributed by atoms with E-state index in [9.17, 15) is 0 Å². The van der Waals surface area contributed by atoms with Crippen LogP contribution in [0.25, 0.3) is 0 Å². The summed E-state index contributed by atoms with van der Waals surface area (Å²) in [4.78, 5) is 4.27. The highest BCUT2D eigenvalue weighted by Gasteiger charge is 2.12. The van der Waals surface area contributed by atoms with Crippen LogP contribution < -0.4 is 11.3 Å². The van der Waals surface area contributed by atoms with Crippen molar-refractivity contribution in [3.8, 4) is 0 Å². The van der Waals surface area contributed by atoms with Gasteiger partial charge in [-0.1, -0.05) is 30.3 Å². The zero-order chi connectivity index (χ0) is 12.8. The fourth-order valence-corrected chi connectivity index (χ4v) is 2.02. The van der Waals surface area contributed by atoms with Crippen molar-refractivity contribution < 1.29 is 0 Å². The van der Waals surface area contributed by atoms with Gasteiger partial charge in [-0.3, -0.25) is 16.0 Å². The number of aryl methyl sites for hydroxylation is 1. The van der Waals surface area contributed by atoms with Gasteiger partial charge < -0.3 is 0 Å². The van der Waals surface area contributed by atoms with E-state index in [1.54, 1.807) is 6.33 Å². The van der Waals surface area contributed by atoms with Crippen molar-refractivity contribution in [2.75, 3.05) is 0 Å². The van der Waals surface area contributed by atoms with Crippen molar-refractivity contribution in [1.82, 2.24) is 20.2 Å². The number of hydrogen-bond donors (Lipinski definition) is 2. The van der Waals surface area contributed by atoms with Crippen molar-refractivity contribution in [1.29, 1.82) is 0 Å². The summed E-state index contributed by atoms with van der Waals surface area (Å²) in [5.74, 6) is 6.59. The Balaban J connectivity index is 2.02. The van der Waals surface area contributed by atoms with Crippen LogP contribution in [0.1, 0.15) is 18.3 Å². The maximum absolute atomic E-state index is 5.62. The molecule has 1 atom stereocenters. The van der Waals surface area contributed by atoms with Crippen LogP contribution in [0.3, 0.4) is 0 Å². The minimum atomic E-state index is 0.168. The Kier molecular flexibility index (Phi) is 4.44. The summed E-state index contributed by atoms with van der Waals surface area (Å²) >= 11 is 0. The van der Waals surface area contributed by atoms with Crippen molar-refractivity contribution in [2.24, 2.45) is 5.84 Å². The number of nitrogens with one attached hydrogen (secondary N) is 1. The summed E-state index contributed by atoms with van der Waals surface area (Å²) in [7, 11) is 0. The molecule has 0 bridgehead atoms. The third-order valence-electron chi connectivity index (χ3n) is 2.98. The molecule has 2 rings (SSSR count). The third kappa shape index (κ3) is 3.15. The number of nitrogens with two attached hydrogens (primary N) is 1. The standard InChI is InChI=1S/C13H19N5/c1-2-18-13(15-10-16-18)9-12(17-14)8-11-6-4-3-5-7-11/h3-7,10,12,17H,2,8-9,14H2,1H3. The maximum Gasteiger partial charge on any atom is 0.138 e. The van der Waals surface area contributed by atoms with Crippen LogP contribution in [0.15, 0.2) is 36.7 Å². The highest BCUT2D eigenvalue weighted by molar-refractivity contribution is 5.16. The van der Waals surface area contributed by atoms with Gasteiger partial charge >= 0.3 is 0 Å². The van der Waals surface area contributed by atoms with Crippen LogP contribution in [-0.2, 0) is 19.4 Å². The first kappa shape index (κ1) is 12.7. The van der Waals surface area contributed by atoms with Crippen molar-refractivity contribution in [3.63, 3.8) is 0 Å². The molecular formula is C13H19N5. The predicted molar refractivity (Wildman–Crippen MR) is 70.7 cm³/mol. The molecule has 96 valence electrons. The van der Waals surface area contributed by atoms with E-state index in [0.29, 0.717) is 0 Å². The lowest BCUT2D eigenvalue weighted by molar-refractivity contribution is 0.490. The molecule has 0 amide bonds. The van der Waals surface area contributed by atoms with Gasteiger partial charge in [0, 0.05) is 19.0 Å². The summed E-state index contributed by atoms with van der Waals surface area (Å²) in [6.07, 6.45) is 3.25. The topological polar surface area (TPSA) is 68.8 Å². The molecule has 5 nitrogen and oxygen atoms in total. The number of rotatable bonds is 6. The van der Waals surface area contributed by atoms with Crippen LogP contribution in [-0.4, -0.2) is 20.8 Å². The molecule has 1 unspecified atom stereocenters. The van der Waals surface area contributed by atoms with Crippen LogP contribution in [0.5, 0.6) is 0 Å². The van der Waals surface area contributed by atoms with E-state index < -0.39 is 0 Å². The van der Waals surface area contributed by atoms with Gasteiger partial charge in [0.25, 0.3) is 0 Å². The third-order valence-corrected chi connectivity index (χ3v) is 2.98. The molecule has 0 saturated carbocycles. The molecule has 2 aromatic rings. The van der Waals surface area contributed by atoms with E-state index in [0.717, 1.165) is 25.2 Å². The largest absolute Gasteiger partial charge is 0.271 e. The molecule has 5 heteroatoms. The van der Waals surface area contributed by atoms with E-state index >= 15 is 0 Å². The molecular weight excluding hydrogens is 226 g/mol. The van der Waals surface area contributed by atoms with Crippen LogP contribution in [0.4, 0.5) is 0 Å². The molecule has 0 aliphatic rings. The van der Waals surface area contributed by atoms with E-state index in [4.69, 9.17) is 5.84 Å². The first-order valence-corrected chi connectivity index (χ1v) is 6.20. The van der Waals surface area contributed by atoms with Gasteiger partial charge in [-0.15, -0.1) is 0 Å². The zero-order valence-electron chi connectivity index (χ0n) is 10.6. The predicted octanol–water partition coefficient (Wildman–Crippen LogP) is 0.915. The lowest BCUT2D eigenvalue weighted by Gasteiger charge is -2.15. The molecule has 1 aromatic heterocycles. The lowest BCUT2D eigenvalue weighted by atomic mass is 10.0. The molecule has 3 N–H and O–H groups in total. The Morgan fingerprint density at radius 3 is 2.72 bits per heavy atom. The molecule has 0 aliphatic carbocycles. The van der Waals surface area contributed by atoms with E-state index in [1.165, 1.54) is 5.56 Å². The van der Waals surface area contributed by atoms with Crippen molar-refractivity contribution in [2.45, 2.75) is 32.4 Å². The molecule has 0 saturated heterocycles. The summed E-state index contributed by atoms with van der Waals surface area (Å²) < 4.78 is 1.90. The van der Waals surface area contributed by atoms with Gasteiger partial charge in [0.1, 0.15) is 12.2 Å². The fourth-order valence-electron chi connectivity index (χ4n) is 2.02. The van der Waals surface area contributed by atoms with Crippen molar-refractivity contribution >= 4 is 0 Å². The first-order chi connectivity index (χ1) is 8.83. The Labute approximate surface area is 107 Å². The van der Waals surface area contributed by atoms with E-state index in [2.05, 4.69) is 34.6 Å². The lowest BCUT2D eigenvalue weighted by Crippen LogP contribution is -2.39. The van der Waals surface area contributed by atoms with Crippen LogP contribution in [0, 0.1) is 0 Å². The monoisotopic (exact) mass is 245 g/mol. The first-order valence-electron chi connectivity index (χ1n) is 6.20. The molecule has 1 heterocycles. The second-order valence-corrected chi connectivity index (χ2v) is 4.25. The average Bonchev–Trinajstić information content (AvgIpc) is 2.86. The molecule has 0 aliphatic heterocycles. The summed E-state index contributed by atoms with van der Waals surface area (Å²) in [5.41, 5.74) is 4.13. The Hall–Kier alpha value is -1.72. The smallest absolute Gasteiger partial charge is 0.138 e. The molecule has 0 spiro atoms. The minimum Gasteiger partial charge on any atom is -0.271 e. The number of aromatic nitrogens is 3. The maximum atomic E-state index is 5.62. The number of hydrogen-bond acceptors (Lipinski definition) is 4. The normalized spacial score (nSPS) is 12.6. The Morgan fingerprint density at radius 1 is 1.28 bits per heavy atom. The average molecular weight is 245 g/mol. The molecule has 1 aromatic carbocycles. The SMILES string of the molecule is CCn1ncnc1CC(Cc1ccccc1)NN. The molecule has 0 fully saturated rings. The van der Waals surface area contributed by atoms with Gasteiger partial charge in [0.05, 0.1) is 0 Å². The van der Waals surface area contributed by atoms with Crippen LogP contribution >= 0.6 is 0 Å². The molecule has 0 radical (unpaired) electrons. The van der Waals surface area contributed by atoms with Crippen LogP contribution in [0.2, 0.25) is 0 Å². The highest BCUT2D eigenvalue weighted by Crippen LogP contribution is 2.07. The minimum absolute atomic E-state index is 0.168.